The van der Waals surface area contributed by atoms with Crippen molar-refractivity contribution in [2.45, 2.75) is 58.3 Å². The van der Waals surface area contributed by atoms with Crippen molar-refractivity contribution in [2.75, 3.05) is 6.61 Å². The minimum atomic E-state index is -0.190. The summed E-state index contributed by atoms with van der Waals surface area (Å²) in [4.78, 5) is 12.5. The van der Waals surface area contributed by atoms with E-state index in [1.54, 1.807) is 11.1 Å². The van der Waals surface area contributed by atoms with E-state index in [1.807, 2.05) is 13.0 Å². The summed E-state index contributed by atoms with van der Waals surface area (Å²) < 4.78 is 5.34. The van der Waals surface area contributed by atoms with Gasteiger partial charge in [0.05, 0.1) is 12.2 Å². The fourth-order valence-electron chi connectivity index (χ4n) is 7.34. The van der Waals surface area contributed by atoms with E-state index in [9.17, 15) is 4.79 Å². The predicted molar refractivity (Wildman–Crippen MR) is 120 cm³/mol. The highest BCUT2D eigenvalue weighted by molar-refractivity contribution is 5.99. The third-order valence-corrected chi connectivity index (χ3v) is 8.32. The van der Waals surface area contributed by atoms with E-state index < -0.39 is 0 Å². The van der Waals surface area contributed by atoms with Crippen LogP contribution in [0, 0.1) is 24.7 Å². The summed E-state index contributed by atoms with van der Waals surface area (Å²) in [6, 6.07) is 13.2. The number of ether oxygens (including phenoxy) is 1. The van der Waals surface area contributed by atoms with Crippen LogP contribution < -0.4 is 0 Å². The highest BCUT2D eigenvalue weighted by Gasteiger charge is 2.54. The second kappa shape index (κ2) is 6.83. The standard InChI is InChI=1S/C28H30O2/c1-3-30-28(29)20-12-13-21-23(15-20)27(26-19-11-10-18(14-19)25(21)26)22-9-5-8-17-7-4-6-16(2)24(17)22/h4,6-7,12-13,15,18-19,25-26H,3,5,8-11,14H2,1-2H3/b27-22-/t18-,19+,25?,26?/m0/s1. The van der Waals surface area contributed by atoms with Gasteiger partial charge in [0.25, 0.3) is 0 Å². The van der Waals surface area contributed by atoms with Gasteiger partial charge in [-0.3, -0.25) is 0 Å². The molecule has 6 rings (SSSR count). The Labute approximate surface area is 179 Å². The van der Waals surface area contributed by atoms with Gasteiger partial charge in [0.15, 0.2) is 0 Å². The summed E-state index contributed by atoms with van der Waals surface area (Å²) in [7, 11) is 0. The van der Waals surface area contributed by atoms with Gasteiger partial charge in [-0.2, -0.15) is 0 Å². The molecule has 154 valence electrons. The van der Waals surface area contributed by atoms with Crippen LogP contribution >= 0.6 is 0 Å². The van der Waals surface area contributed by atoms with Crippen molar-refractivity contribution in [3.05, 3.63) is 69.8 Å². The van der Waals surface area contributed by atoms with E-state index in [1.165, 1.54) is 59.9 Å². The lowest BCUT2D eigenvalue weighted by Gasteiger charge is -2.30. The first kappa shape index (κ1) is 18.4. The van der Waals surface area contributed by atoms with Crippen molar-refractivity contribution in [1.82, 2.24) is 0 Å². The van der Waals surface area contributed by atoms with Crippen molar-refractivity contribution in [1.29, 1.82) is 0 Å². The monoisotopic (exact) mass is 398 g/mol. The Morgan fingerprint density at radius 1 is 1.07 bits per heavy atom. The Kier molecular flexibility index (Phi) is 4.20. The van der Waals surface area contributed by atoms with Crippen molar-refractivity contribution < 1.29 is 9.53 Å². The molecule has 0 spiro atoms. The first-order valence-electron chi connectivity index (χ1n) is 11.8. The lowest BCUT2D eigenvalue weighted by molar-refractivity contribution is 0.0526. The maximum Gasteiger partial charge on any atom is 0.338 e. The average Bonchev–Trinajstić information content (AvgIpc) is 3.45. The van der Waals surface area contributed by atoms with E-state index in [2.05, 4.69) is 37.3 Å². The molecule has 2 aromatic rings. The molecular formula is C28H30O2. The van der Waals surface area contributed by atoms with Crippen LogP contribution in [0.3, 0.4) is 0 Å². The number of hydrogen-bond donors (Lipinski definition) is 0. The third-order valence-electron chi connectivity index (χ3n) is 8.32. The third kappa shape index (κ3) is 2.52. The average molecular weight is 399 g/mol. The maximum atomic E-state index is 12.5. The molecule has 2 bridgehead atoms. The molecule has 0 aliphatic heterocycles. The van der Waals surface area contributed by atoms with Crippen LogP contribution in [-0.2, 0) is 11.2 Å². The lowest BCUT2D eigenvalue weighted by atomic mass is 9.74. The first-order valence-corrected chi connectivity index (χ1v) is 11.8. The van der Waals surface area contributed by atoms with Crippen LogP contribution in [-0.4, -0.2) is 12.6 Å². The molecule has 2 unspecified atom stereocenters. The van der Waals surface area contributed by atoms with Gasteiger partial charge in [-0.25, -0.2) is 4.79 Å². The molecule has 0 amide bonds. The zero-order chi connectivity index (χ0) is 20.4. The number of esters is 1. The van der Waals surface area contributed by atoms with Crippen LogP contribution in [0.4, 0.5) is 0 Å². The summed E-state index contributed by atoms with van der Waals surface area (Å²) >= 11 is 0. The van der Waals surface area contributed by atoms with Crippen LogP contribution in [0.2, 0.25) is 0 Å². The zero-order valence-electron chi connectivity index (χ0n) is 18.0. The van der Waals surface area contributed by atoms with Crippen molar-refractivity contribution in [2.24, 2.45) is 17.8 Å². The molecule has 4 aliphatic rings. The molecule has 0 heterocycles. The number of carbonyl (C=O) groups is 1. The molecule has 2 saturated carbocycles. The quantitative estimate of drug-likeness (QED) is 0.535. The normalized spacial score (nSPS) is 30.7. The fraction of sp³-hybridized carbons (Fsp3) is 0.464. The van der Waals surface area contributed by atoms with Gasteiger partial charge in [-0.05, 0) is 127 Å². The molecule has 0 radical (unpaired) electrons. The number of hydrogen-bond acceptors (Lipinski definition) is 2. The molecular weight excluding hydrogens is 368 g/mol. The lowest BCUT2D eigenvalue weighted by Crippen LogP contribution is -2.17. The summed E-state index contributed by atoms with van der Waals surface area (Å²) in [5.74, 6) is 2.76. The number of rotatable bonds is 2. The van der Waals surface area contributed by atoms with E-state index in [4.69, 9.17) is 4.74 Å². The SMILES string of the molecule is CCOC(=O)c1ccc2c(c1)/C(=C1\CCCc3cccc(C)c31)C1C2[C@H]2CC[C@@H]1C2. The number of aryl methyl sites for hydroxylation is 2. The molecule has 2 heteroatoms. The fourth-order valence-corrected chi connectivity index (χ4v) is 7.34. The molecule has 30 heavy (non-hydrogen) atoms. The Morgan fingerprint density at radius 3 is 2.73 bits per heavy atom. The Hall–Kier alpha value is -2.35. The van der Waals surface area contributed by atoms with Gasteiger partial charge in [0.1, 0.15) is 0 Å². The minimum Gasteiger partial charge on any atom is -0.462 e. The summed E-state index contributed by atoms with van der Waals surface area (Å²) in [5, 5.41) is 0. The predicted octanol–water partition coefficient (Wildman–Crippen LogP) is 6.56. The second-order valence-corrected chi connectivity index (χ2v) is 9.76. The molecule has 0 N–H and O–H groups in total. The zero-order valence-corrected chi connectivity index (χ0v) is 18.0. The van der Waals surface area contributed by atoms with Gasteiger partial charge in [0.2, 0.25) is 0 Å². The highest BCUT2D eigenvalue weighted by Crippen LogP contribution is 2.67. The van der Waals surface area contributed by atoms with E-state index in [0.717, 1.165) is 18.3 Å². The van der Waals surface area contributed by atoms with Crippen molar-refractivity contribution >= 4 is 17.1 Å². The van der Waals surface area contributed by atoms with Gasteiger partial charge >= 0.3 is 5.97 Å². The van der Waals surface area contributed by atoms with Gasteiger partial charge in [0, 0.05) is 0 Å². The van der Waals surface area contributed by atoms with Gasteiger partial charge in [-0.15, -0.1) is 0 Å². The molecule has 2 aromatic carbocycles. The smallest absolute Gasteiger partial charge is 0.338 e. The first-order chi connectivity index (χ1) is 14.7. The Bertz CT molecular complexity index is 1080. The van der Waals surface area contributed by atoms with Crippen LogP contribution in [0.25, 0.3) is 11.1 Å². The molecule has 2 fully saturated rings. The second-order valence-electron chi connectivity index (χ2n) is 9.76. The summed E-state index contributed by atoms with van der Waals surface area (Å²) in [6.07, 6.45) is 7.73. The Balaban J connectivity index is 1.60. The van der Waals surface area contributed by atoms with E-state index in [-0.39, 0.29) is 5.97 Å². The molecule has 2 nitrogen and oxygen atoms in total. The number of fused-ring (bicyclic) bond motifs is 8. The minimum absolute atomic E-state index is 0.190. The highest BCUT2D eigenvalue weighted by atomic mass is 16.5. The van der Waals surface area contributed by atoms with Gasteiger partial charge < -0.3 is 4.74 Å². The van der Waals surface area contributed by atoms with Gasteiger partial charge in [-0.1, -0.05) is 24.3 Å². The maximum absolute atomic E-state index is 12.5. The topological polar surface area (TPSA) is 26.3 Å². The van der Waals surface area contributed by atoms with E-state index >= 15 is 0 Å². The largest absolute Gasteiger partial charge is 0.462 e. The molecule has 0 aromatic heterocycles. The Morgan fingerprint density at radius 2 is 1.90 bits per heavy atom. The summed E-state index contributed by atoms with van der Waals surface area (Å²) in [5.41, 5.74) is 11.2. The van der Waals surface area contributed by atoms with Crippen molar-refractivity contribution in [3.63, 3.8) is 0 Å². The molecule has 4 atom stereocenters. The van der Waals surface area contributed by atoms with Crippen LogP contribution in [0.5, 0.6) is 0 Å². The number of carbonyl (C=O) groups excluding carboxylic acids is 1. The number of allylic oxidation sites excluding steroid dienone is 2. The molecule has 0 saturated heterocycles. The molecule has 4 aliphatic carbocycles. The van der Waals surface area contributed by atoms with E-state index in [0.29, 0.717) is 24.0 Å². The van der Waals surface area contributed by atoms with Crippen molar-refractivity contribution in [3.8, 4) is 0 Å². The van der Waals surface area contributed by atoms with Crippen LogP contribution in [0.15, 0.2) is 36.4 Å². The van der Waals surface area contributed by atoms with Crippen LogP contribution in [0.1, 0.15) is 83.1 Å². The summed E-state index contributed by atoms with van der Waals surface area (Å²) in [6.45, 7) is 4.57. The number of benzene rings is 2.